The Bertz CT molecular complexity index is 1280. The van der Waals surface area contributed by atoms with Crippen molar-refractivity contribution < 1.29 is 4.74 Å². The molecular formula is C26H19BrN2O. The van der Waals surface area contributed by atoms with Gasteiger partial charge >= 0.3 is 0 Å². The molecule has 3 nitrogen and oxygen atoms in total. The van der Waals surface area contributed by atoms with E-state index in [1.165, 1.54) is 21.9 Å². The van der Waals surface area contributed by atoms with Crippen LogP contribution in [0.5, 0.6) is 5.75 Å². The monoisotopic (exact) mass is 454 g/mol. The highest BCUT2D eigenvalue weighted by atomic mass is 79.9. The zero-order valence-corrected chi connectivity index (χ0v) is 17.8. The van der Waals surface area contributed by atoms with Crippen molar-refractivity contribution in [3.05, 3.63) is 112 Å². The molecule has 146 valence electrons. The molecule has 2 aliphatic heterocycles. The molecule has 30 heavy (non-hydrogen) atoms. The average molecular weight is 455 g/mol. The van der Waals surface area contributed by atoms with Crippen molar-refractivity contribution in [3.63, 3.8) is 0 Å². The van der Waals surface area contributed by atoms with Crippen LogP contribution < -0.4 is 4.74 Å². The molecule has 2 aliphatic rings. The Labute approximate surface area is 183 Å². The van der Waals surface area contributed by atoms with E-state index in [0.717, 1.165) is 27.9 Å². The minimum absolute atomic E-state index is 0.171. The van der Waals surface area contributed by atoms with Crippen molar-refractivity contribution in [3.8, 4) is 5.75 Å². The van der Waals surface area contributed by atoms with Gasteiger partial charge in [0.2, 0.25) is 6.23 Å². The van der Waals surface area contributed by atoms with Gasteiger partial charge in [-0.15, -0.1) is 0 Å². The van der Waals surface area contributed by atoms with Gasteiger partial charge in [0.1, 0.15) is 5.75 Å². The van der Waals surface area contributed by atoms with Gasteiger partial charge in [0.05, 0.1) is 11.8 Å². The SMILES string of the molecule is Brc1ccc([C@H]2Oc3ccccc3[C@H]3CC(c4ccc5ccccc5c4)=NN32)cc1. The number of ether oxygens (including phenoxy) is 1. The van der Waals surface area contributed by atoms with Crippen LogP contribution in [0, 0.1) is 0 Å². The van der Waals surface area contributed by atoms with Gasteiger partial charge < -0.3 is 4.74 Å². The van der Waals surface area contributed by atoms with Crippen LogP contribution in [0.4, 0.5) is 0 Å². The van der Waals surface area contributed by atoms with Gasteiger partial charge in [0.15, 0.2) is 0 Å². The van der Waals surface area contributed by atoms with Crippen LogP contribution in [0.25, 0.3) is 10.8 Å². The minimum Gasteiger partial charge on any atom is -0.464 e. The summed E-state index contributed by atoms with van der Waals surface area (Å²) >= 11 is 3.53. The van der Waals surface area contributed by atoms with Crippen molar-refractivity contribution in [2.75, 3.05) is 0 Å². The molecule has 0 aromatic heterocycles. The maximum atomic E-state index is 6.43. The Kier molecular flexibility index (Phi) is 4.13. The second-order valence-corrected chi connectivity index (χ2v) is 8.68. The number of para-hydroxylation sites is 1. The van der Waals surface area contributed by atoms with Gasteiger partial charge in [-0.2, -0.15) is 5.10 Å². The van der Waals surface area contributed by atoms with E-state index < -0.39 is 0 Å². The summed E-state index contributed by atoms with van der Waals surface area (Å²) in [5, 5.41) is 9.70. The lowest BCUT2D eigenvalue weighted by molar-refractivity contribution is -0.0190. The van der Waals surface area contributed by atoms with E-state index in [4.69, 9.17) is 9.84 Å². The number of hydrogen-bond acceptors (Lipinski definition) is 3. The van der Waals surface area contributed by atoms with Crippen molar-refractivity contribution in [2.45, 2.75) is 18.7 Å². The van der Waals surface area contributed by atoms with Crippen LogP contribution in [-0.4, -0.2) is 10.7 Å². The van der Waals surface area contributed by atoms with Crippen molar-refractivity contribution in [1.29, 1.82) is 0 Å². The number of benzene rings is 4. The van der Waals surface area contributed by atoms with Crippen LogP contribution in [0.2, 0.25) is 0 Å². The summed E-state index contributed by atoms with van der Waals surface area (Å²) in [6.07, 6.45) is 0.627. The van der Waals surface area contributed by atoms with Crippen LogP contribution in [0.15, 0.2) is 101 Å². The molecule has 4 heteroatoms. The summed E-state index contributed by atoms with van der Waals surface area (Å²) in [7, 11) is 0. The van der Waals surface area contributed by atoms with E-state index in [2.05, 4.69) is 106 Å². The van der Waals surface area contributed by atoms with Gasteiger partial charge in [0, 0.05) is 22.0 Å². The normalized spacial score (nSPS) is 19.8. The molecule has 0 saturated carbocycles. The Morgan fingerprint density at radius 1 is 0.833 bits per heavy atom. The fourth-order valence-electron chi connectivity index (χ4n) is 4.42. The van der Waals surface area contributed by atoms with Gasteiger partial charge in [-0.1, -0.05) is 82.7 Å². The summed E-state index contributed by atoms with van der Waals surface area (Å²) in [6.45, 7) is 0. The predicted octanol–water partition coefficient (Wildman–Crippen LogP) is 6.84. The smallest absolute Gasteiger partial charge is 0.213 e. The Morgan fingerprint density at radius 3 is 2.47 bits per heavy atom. The Balaban J connectivity index is 1.44. The molecule has 0 unspecified atom stereocenters. The minimum atomic E-state index is -0.240. The van der Waals surface area contributed by atoms with Gasteiger partial charge in [-0.3, -0.25) is 0 Å². The van der Waals surface area contributed by atoms with Gasteiger partial charge in [-0.25, -0.2) is 5.01 Å². The first kappa shape index (κ1) is 17.7. The van der Waals surface area contributed by atoms with E-state index in [0.29, 0.717) is 0 Å². The van der Waals surface area contributed by atoms with Crippen molar-refractivity contribution in [2.24, 2.45) is 5.10 Å². The third-order valence-corrected chi connectivity index (χ3v) is 6.47. The number of fused-ring (bicyclic) bond motifs is 4. The number of hydrogen-bond donors (Lipinski definition) is 0. The van der Waals surface area contributed by atoms with Crippen LogP contribution >= 0.6 is 15.9 Å². The highest BCUT2D eigenvalue weighted by Gasteiger charge is 2.40. The zero-order chi connectivity index (χ0) is 20.1. The number of halogens is 1. The lowest BCUT2D eigenvalue weighted by atomic mass is 9.95. The molecule has 0 amide bonds. The quantitative estimate of drug-likeness (QED) is 0.331. The maximum absolute atomic E-state index is 6.43. The standard InChI is InChI=1S/C26H19BrN2O/c27-21-13-11-18(12-14-21)26-29-24(22-7-3-4-8-25(22)30-26)16-23(28-29)20-10-9-17-5-1-2-6-19(17)15-20/h1-15,24,26H,16H2/t24-,26-/m1/s1. The maximum Gasteiger partial charge on any atom is 0.213 e. The molecule has 0 saturated heterocycles. The number of rotatable bonds is 2. The first-order valence-electron chi connectivity index (χ1n) is 10.1. The molecule has 0 radical (unpaired) electrons. The average Bonchev–Trinajstić information content (AvgIpc) is 3.25. The lowest BCUT2D eigenvalue weighted by Gasteiger charge is -2.38. The summed E-state index contributed by atoms with van der Waals surface area (Å²) in [5.74, 6) is 0.946. The molecule has 0 bridgehead atoms. The molecule has 0 spiro atoms. The van der Waals surface area contributed by atoms with Gasteiger partial charge in [0.25, 0.3) is 0 Å². The molecule has 6 rings (SSSR count). The second kappa shape index (κ2) is 6.99. The molecular weight excluding hydrogens is 436 g/mol. The van der Waals surface area contributed by atoms with E-state index >= 15 is 0 Å². The van der Waals surface area contributed by atoms with E-state index in [-0.39, 0.29) is 12.3 Å². The summed E-state index contributed by atoms with van der Waals surface area (Å²) in [4.78, 5) is 0. The van der Waals surface area contributed by atoms with E-state index in [1.807, 2.05) is 6.07 Å². The first-order valence-corrected chi connectivity index (χ1v) is 10.9. The highest BCUT2D eigenvalue weighted by molar-refractivity contribution is 9.10. The third-order valence-electron chi connectivity index (χ3n) is 5.94. The summed E-state index contributed by atoms with van der Waals surface area (Å²) in [6, 6.07) is 31.9. The molecule has 0 N–H and O–H groups in total. The van der Waals surface area contributed by atoms with Crippen LogP contribution in [0.3, 0.4) is 0 Å². The first-order chi connectivity index (χ1) is 14.8. The molecule has 2 heterocycles. The molecule has 2 atom stereocenters. The molecule has 0 aliphatic carbocycles. The Hall–Kier alpha value is -3.11. The summed E-state index contributed by atoms with van der Waals surface area (Å²) < 4.78 is 7.49. The number of nitrogens with zero attached hydrogens (tertiary/aromatic N) is 2. The van der Waals surface area contributed by atoms with Gasteiger partial charge in [-0.05, 0) is 40.6 Å². The fourth-order valence-corrected chi connectivity index (χ4v) is 4.69. The van der Waals surface area contributed by atoms with Crippen molar-refractivity contribution >= 4 is 32.4 Å². The zero-order valence-electron chi connectivity index (χ0n) is 16.2. The molecule has 0 fully saturated rings. The molecule has 4 aromatic rings. The van der Waals surface area contributed by atoms with Crippen LogP contribution in [0.1, 0.15) is 35.4 Å². The predicted molar refractivity (Wildman–Crippen MR) is 124 cm³/mol. The highest BCUT2D eigenvalue weighted by Crippen LogP contribution is 2.47. The van der Waals surface area contributed by atoms with Crippen LogP contribution in [-0.2, 0) is 0 Å². The second-order valence-electron chi connectivity index (χ2n) is 7.77. The summed E-state index contributed by atoms with van der Waals surface area (Å²) in [5.41, 5.74) is 4.58. The van der Waals surface area contributed by atoms with E-state index in [1.54, 1.807) is 0 Å². The van der Waals surface area contributed by atoms with E-state index in [9.17, 15) is 0 Å². The fraction of sp³-hybridized carbons (Fsp3) is 0.115. The third kappa shape index (κ3) is 2.91. The Morgan fingerprint density at radius 2 is 1.60 bits per heavy atom. The number of hydrazone groups is 1. The topological polar surface area (TPSA) is 24.8 Å². The molecule has 4 aromatic carbocycles. The van der Waals surface area contributed by atoms with Crippen molar-refractivity contribution in [1.82, 2.24) is 5.01 Å². The lowest BCUT2D eigenvalue weighted by Crippen LogP contribution is -2.33. The largest absolute Gasteiger partial charge is 0.464 e.